The van der Waals surface area contributed by atoms with Crippen molar-refractivity contribution < 1.29 is 27.9 Å². The summed E-state index contributed by atoms with van der Waals surface area (Å²) in [5.41, 5.74) is 0.588. The summed E-state index contributed by atoms with van der Waals surface area (Å²) in [4.78, 5) is 28.9. The van der Waals surface area contributed by atoms with Crippen molar-refractivity contribution in [1.29, 1.82) is 0 Å². The molecule has 30 heavy (non-hydrogen) atoms. The highest BCUT2D eigenvalue weighted by Crippen LogP contribution is 2.29. The Labute approximate surface area is 169 Å². The number of alkyl halides is 3. The lowest BCUT2D eigenvalue weighted by Gasteiger charge is -2.16. The van der Waals surface area contributed by atoms with Crippen molar-refractivity contribution in [3.63, 3.8) is 0 Å². The maximum atomic E-state index is 12.6. The summed E-state index contributed by atoms with van der Waals surface area (Å²) >= 11 is 0. The number of hydrogen-bond acceptors (Lipinski definition) is 4. The third kappa shape index (κ3) is 5.12. The van der Waals surface area contributed by atoms with E-state index in [1.54, 1.807) is 24.3 Å². The van der Waals surface area contributed by atoms with Crippen LogP contribution in [0.4, 0.5) is 13.2 Å². The maximum absolute atomic E-state index is 12.6. The van der Waals surface area contributed by atoms with Gasteiger partial charge >= 0.3 is 6.18 Å². The highest BCUT2D eigenvalue weighted by Gasteiger charge is 2.30. The number of nitrogens with zero attached hydrogens (tertiary/aromatic N) is 1. The molecule has 0 spiro atoms. The molecule has 1 atom stereocenters. The molecule has 2 amide bonds. The molecule has 0 radical (unpaired) electrons. The van der Waals surface area contributed by atoms with E-state index in [2.05, 4.69) is 15.6 Å². The molecule has 0 unspecified atom stereocenters. The van der Waals surface area contributed by atoms with Crippen molar-refractivity contribution in [3.05, 3.63) is 77.5 Å². The quantitative estimate of drug-likeness (QED) is 0.575. The molecule has 2 aromatic carbocycles. The standard InChI is InChI=1S/C21H18F3N3O3/c22-21(23,24)16-7-5-13(6-8-16)10-26-20(30)18(12-28)27-19(29)15-9-14-3-1-2-4-17(14)25-11-15/h1-9,11,18,28H,10,12H2,(H,26,30)(H,27,29)/t18-/m0/s1. The lowest BCUT2D eigenvalue weighted by molar-refractivity contribution is -0.137. The highest BCUT2D eigenvalue weighted by molar-refractivity contribution is 5.99. The van der Waals surface area contributed by atoms with Crippen molar-refractivity contribution in [2.75, 3.05) is 6.61 Å². The van der Waals surface area contributed by atoms with Crippen molar-refractivity contribution in [2.24, 2.45) is 0 Å². The second-order valence-electron chi connectivity index (χ2n) is 6.54. The first-order valence-electron chi connectivity index (χ1n) is 8.98. The van der Waals surface area contributed by atoms with E-state index in [4.69, 9.17) is 0 Å². The fourth-order valence-electron chi connectivity index (χ4n) is 2.75. The Balaban J connectivity index is 1.60. The van der Waals surface area contributed by atoms with E-state index < -0.39 is 36.2 Å². The zero-order valence-corrected chi connectivity index (χ0v) is 15.6. The molecule has 0 aliphatic heterocycles. The van der Waals surface area contributed by atoms with Gasteiger partial charge in [-0.25, -0.2) is 0 Å². The van der Waals surface area contributed by atoms with E-state index in [0.29, 0.717) is 11.1 Å². The van der Waals surface area contributed by atoms with Crippen LogP contribution in [0.2, 0.25) is 0 Å². The molecule has 0 aliphatic rings. The minimum atomic E-state index is -4.44. The number of aliphatic hydroxyl groups is 1. The molecular formula is C21H18F3N3O3. The number of hydrogen-bond donors (Lipinski definition) is 3. The number of pyridine rings is 1. The van der Waals surface area contributed by atoms with Crippen LogP contribution in [0.3, 0.4) is 0 Å². The van der Waals surface area contributed by atoms with Crippen molar-refractivity contribution in [2.45, 2.75) is 18.8 Å². The van der Waals surface area contributed by atoms with Crippen LogP contribution in [0, 0.1) is 0 Å². The van der Waals surface area contributed by atoms with Gasteiger partial charge in [-0.2, -0.15) is 13.2 Å². The molecule has 0 bridgehead atoms. The third-order valence-corrected chi connectivity index (χ3v) is 4.41. The van der Waals surface area contributed by atoms with Gasteiger partial charge in [0.05, 0.1) is 23.3 Å². The van der Waals surface area contributed by atoms with Crippen LogP contribution in [0.15, 0.2) is 60.8 Å². The molecule has 156 valence electrons. The lowest BCUT2D eigenvalue weighted by Crippen LogP contribution is -2.48. The zero-order chi connectivity index (χ0) is 21.7. The van der Waals surface area contributed by atoms with Gasteiger partial charge in [-0.1, -0.05) is 30.3 Å². The Kier molecular flexibility index (Phi) is 6.31. The molecule has 9 heteroatoms. The molecule has 6 nitrogen and oxygen atoms in total. The highest BCUT2D eigenvalue weighted by atomic mass is 19.4. The topological polar surface area (TPSA) is 91.3 Å². The molecular weight excluding hydrogens is 399 g/mol. The van der Waals surface area contributed by atoms with Gasteiger partial charge in [0, 0.05) is 18.1 Å². The molecule has 3 aromatic rings. The van der Waals surface area contributed by atoms with Crippen molar-refractivity contribution >= 4 is 22.7 Å². The van der Waals surface area contributed by atoms with Gasteiger partial charge in [-0.3, -0.25) is 14.6 Å². The van der Waals surface area contributed by atoms with Crippen LogP contribution in [0.1, 0.15) is 21.5 Å². The predicted octanol–water partition coefficient (Wildman–Crippen LogP) is 2.66. The first kappa shape index (κ1) is 21.3. The Bertz CT molecular complexity index is 1050. The first-order valence-corrected chi connectivity index (χ1v) is 8.98. The normalized spacial score (nSPS) is 12.4. The number of amides is 2. The molecule has 0 fully saturated rings. The number of para-hydroxylation sites is 1. The van der Waals surface area contributed by atoms with Crippen LogP contribution in [-0.4, -0.2) is 34.6 Å². The number of benzene rings is 2. The van der Waals surface area contributed by atoms with Crippen LogP contribution >= 0.6 is 0 Å². The smallest absolute Gasteiger partial charge is 0.394 e. The van der Waals surface area contributed by atoms with Gasteiger partial charge in [0.15, 0.2) is 0 Å². The molecule has 0 saturated heterocycles. The largest absolute Gasteiger partial charge is 0.416 e. The maximum Gasteiger partial charge on any atom is 0.416 e. The minimum Gasteiger partial charge on any atom is -0.394 e. The Morgan fingerprint density at radius 3 is 2.43 bits per heavy atom. The van der Waals surface area contributed by atoms with E-state index >= 15 is 0 Å². The summed E-state index contributed by atoms with van der Waals surface area (Å²) in [6.45, 7) is -0.702. The molecule has 1 aromatic heterocycles. The van der Waals surface area contributed by atoms with Gasteiger partial charge in [-0.15, -0.1) is 0 Å². The van der Waals surface area contributed by atoms with Crippen LogP contribution in [-0.2, 0) is 17.5 Å². The predicted molar refractivity (Wildman–Crippen MR) is 103 cm³/mol. The minimum absolute atomic E-state index is 0.0547. The summed E-state index contributed by atoms with van der Waals surface area (Å²) in [5.74, 6) is -1.25. The summed E-state index contributed by atoms with van der Waals surface area (Å²) in [6.07, 6.45) is -3.07. The molecule has 3 N–H and O–H groups in total. The van der Waals surface area contributed by atoms with Gasteiger partial charge < -0.3 is 15.7 Å². The van der Waals surface area contributed by atoms with Gasteiger partial charge in [0.1, 0.15) is 6.04 Å². The van der Waals surface area contributed by atoms with Crippen molar-refractivity contribution in [1.82, 2.24) is 15.6 Å². The number of aromatic nitrogens is 1. The monoisotopic (exact) mass is 417 g/mol. The molecule has 3 rings (SSSR count). The Morgan fingerprint density at radius 1 is 1.07 bits per heavy atom. The number of aliphatic hydroxyl groups excluding tert-OH is 1. The first-order chi connectivity index (χ1) is 14.3. The number of nitrogens with one attached hydrogen (secondary N) is 2. The van der Waals surface area contributed by atoms with E-state index in [9.17, 15) is 27.9 Å². The summed E-state index contributed by atoms with van der Waals surface area (Å²) in [5, 5.41) is 15.1. The van der Waals surface area contributed by atoms with Gasteiger partial charge in [0.25, 0.3) is 5.91 Å². The summed E-state index contributed by atoms with van der Waals surface area (Å²) < 4.78 is 37.8. The SMILES string of the molecule is O=C(N[C@@H](CO)C(=O)NCc1ccc(C(F)(F)F)cc1)c1cnc2ccccc2c1. The fraction of sp³-hybridized carbons (Fsp3) is 0.190. The second kappa shape index (κ2) is 8.91. The average Bonchev–Trinajstić information content (AvgIpc) is 2.75. The number of rotatable bonds is 6. The fourth-order valence-corrected chi connectivity index (χ4v) is 2.75. The summed E-state index contributed by atoms with van der Waals surface area (Å²) in [6, 6.07) is 11.9. The van der Waals surface area contributed by atoms with Crippen molar-refractivity contribution in [3.8, 4) is 0 Å². The molecule has 1 heterocycles. The van der Waals surface area contributed by atoms with Crippen LogP contribution < -0.4 is 10.6 Å². The van der Waals surface area contributed by atoms with Gasteiger partial charge in [-0.05, 0) is 29.8 Å². The van der Waals surface area contributed by atoms with E-state index in [1.807, 2.05) is 6.07 Å². The molecule has 0 saturated carbocycles. The number of carbonyl (C=O) groups excluding carboxylic acids is 2. The number of carbonyl (C=O) groups is 2. The Hall–Kier alpha value is -3.46. The molecule has 0 aliphatic carbocycles. The van der Waals surface area contributed by atoms with Crippen LogP contribution in [0.25, 0.3) is 10.9 Å². The third-order valence-electron chi connectivity index (χ3n) is 4.41. The summed E-state index contributed by atoms with van der Waals surface area (Å²) in [7, 11) is 0. The average molecular weight is 417 g/mol. The lowest BCUT2D eigenvalue weighted by atomic mass is 10.1. The number of fused-ring (bicyclic) bond motifs is 1. The van der Waals surface area contributed by atoms with E-state index in [1.165, 1.54) is 18.3 Å². The Morgan fingerprint density at radius 2 is 1.77 bits per heavy atom. The van der Waals surface area contributed by atoms with E-state index in [-0.39, 0.29) is 12.1 Å². The number of halogens is 3. The van der Waals surface area contributed by atoms with Crippen LogP contribution in [0.5, 0.6) is 0 Å². The second-order valence-corrected chi connectivity index (χ2v) is 6.54. The zero-order valence-electron chi connectivity index (χ0n) is 15.6. The van der Waals surface area contributed by atoms with Gasteiger partial charge in [0.2, 0.25) is 5.91 Å². The van der Waals surface area contributed by atoms with E-state index in [0.717, 1.165) is 17.5 Å².